The third kappa shape index (κ3) is 2.51. The number of amides is 1. The van der Waals surface area contributed by atoms with E-state index in [0.29, 0.717) is 12.1 Å². The van der Waals surface area contributed by atoms with E-state index in [1.165, 1.54) is 7.05 Å². The number of halogens is 3. The quantitative estimate of drug-likeness (QED) is 0.798. The summed E-state index contributed by atoms with van der Waals surface area (Å²) >= 11 is 0. The van der Waals surface area contributed by atoms with Crippen LogP contribution in [0.3, 0.4) is 0 Å². The number of benzene rings is 1. The molecule has 0 radical (unpaired) electrons. The lowest BCUT2D eigenvalue weighted by Gasteiger charge is -2.08. The molecule has 6 heteroatoms. The smallest absolute Gasteiger partial charge is 0.355 e. The minimum atomic E-state index is -4.57. The van der Waals surface area contributed by atoms with Crippen molar-refractivity contribution in [2.75, 3.05) is 7.05 Å². The maximum absolute atomic E-state index is 12.4. The molecule has 1 aromatic rings. The highest BCUT2D eigenvalue weighted by Crippen LogP contribution is 2.30. The van der Waals surface area contributed by atoms with Crippen LogP contribution in [0.5, 0.6) is 0 Å². The molecule has 1 aromatic carbocycles. The molecule has 0 atom stereocenters. The van der Waals surface area contributed by atoms with Crippen LogP contribution in [0.25, 0.3) is 0 Å². The summed E-state index contributed by atoms with van der Waals surface area (Å²) in [5, 5.41) is 10.8. The van der Waals surface area contributed by atoms with Gasteiger partial charge in [0, 0.05) is 12.6 Å². The molecule has 0 bridgehead atoms. The number of nitriles is 1. The van der Waals surface area contributed by atoms with Gasteiger partial charge in [-0.2, -0.15) is 18.4 Å². The van der Waals surface area contributed by atoms with Gasteiger partial charge in [0.05, 0.1) is 17.2 Å². The molecular formula is C10H7F3N2O. The van der Waals surface area contributed by atoms with E-state index in [1.54, 1.807) is 6.07 Å². The first-order valence-corrected chi connectivity index (χ1v) is 4.23. The molecule has 0 heterocycles. The van der Waals surface area contributed by atoms with Crippen LogP contribution in [0.1, 0.15) is 21.5 Å². The van der Waals surface area contributed by atoms with Crippen molar-refractivity contribution in [3.8, 4) is 6.07 Å². The molecule has 0 aromatic heterocycles. The highest BCUT2D eigenvalue weighted by molar-refractivity contribution is 5.94. The summed E-state index contributed by atoms with van der Waals surface area (Å²) in [6.07, 6.45) is -4.57. The Bertz CT molecular complexity index is 460. The molecule has 0 unspecified atom stereocenters. The normalized spacial score (nSPS) is 10.7. The van der Waals surface area contributed by atoms with Gasteiger partial charge in [0.2, 0.25) is 0 Å². The topological polar surface area (TPSA) is 52.9 Å². The van der Waals surface area contributed by atoms with Crippen LogP contribution in [0.2, 0.25) is 0 Å². The predicted octanol–water partition coefficient (Wildman–Crippen LogP) is 1.94. The summed E-state index contributed by atoms with van der Waals surface area (Å²) in [4.78, 5) is 11.2. The van der Waals surface area contributed by atoms with E-state index in [0.717, 1.165) is 6.07 Å². The Balaban J connectivity index is 3.34. The zero-order valence-electron chi connectivity index (χ0n) is 8.22. The number of nitrogens with one attached hydrogen (secondary N) is 1. The van der Waals surface area contributed by atoms with Crippen molar-refractivity contribution >= 4 is 5.91 Å². The number of alkyl halides is 3. The fraction of sp³-hybridized carbons (Fsp3) is 0.200. The van der Waals surface area contributed by atoms with Crippen molar-refractivity contribution in [1.82, 2.24) is 5.32 Å². The molecule has 84 valence electrons. The Hall–Kier alpha value is -2.03. The van der Waals surface area contributed by atoms with Crippen LogP contribution < -0.4 is 5.32 Å². The number of carbonyl (C=O) groups is 1. The molecule has 3 nitrogen and oxygen atoms in total. The maximum atomic E-state index is 12.4. The molecule has 1 N–H and O–H groups in total. The Morgan fingerprint density at radius 2 is 2.00 bits per heavy atom. The Morgan fingerprint density at radius 3 is 2.44 bits per heavy atom. The second kappa shape index (κ2) is 4.23. The van der Waals surface area contributed by atoms with Gasteiger partial charge in [0.15, 0.2) is 0 Å². The third-order valence-corrected chi connectivity index (χ3v) is 1.88. The average molecular weight is 228 g/mol. The molecule has 0 aliphatic rings. The summed E-state index contributed by atoms with van der Waals surface area (Å²) in [5.41, 5.74) is -1.40. The van der Waals surface area contributed by atoms with Crippen molar-refractivity contribution in [2.24, 2.45) is 0 Å². The summed E-state index contributed by atoms with van der Waals surface area (Å²) in [5.74, 6) is -0.664. The minimum absolute atomic E-state index is 0.186. The molecule has 0 aliphatic heterocycles. The number of hydrogen-bond donors (Lipinski definition) is 1. The Morgan fingerprint density at radius 1 is 1.38 bits per heavy atom. The van der Waals surface area contributed by atoms with Crippen LogP contribution in [0, 0.1) is 11.3 Å². The van der Waals surface area contributed by atoms with E-state index in [2.05, 4.69) is 5.32 Å². The molecule has 1 amide bonds. The van der Waals surface area contributed by atoms with Crippen LogP contribution in [0.15, 0.2) is 18.2 Å². The first kappa shape index (κ1) is 12.0. The predicted molar refractivity (Wildman–Crippen MR) is 49.5 cm³/mol. The van der Waals surface area contributed by atoms with Gasteiger partial charge in [-0.05, 0) is 18.2 Å². The second-order valence-electron chi connectivity index (χ2n) is 2.99. The first-order chi connectivity index (χ1) is 7.38. The van der Waals surface area contributed by atoms with Gasteiger partial charge >= 0.3 is 6.18 Å². The van der Waals surface area contributed by atoms with Gasteiger partial charge in [0.25, 0.3) is 5.91 Å². The molecule has 0 spiro atoms. The second-order valence-corrected chi connectivity index (χ2v) is 2.99. The fourth-order valence-electron chi connectivity index (χ4n) is 1.13. The van der Waals surface area contributed by atoms with Crippen molar-refractivity contribution in [1.29, 1.82) is 5.26 Å². The van der Waals surface area contributed by atoms with Crippen LogP contribution in [0.4, 0.5) is 13.2 Å². The number of carbonyl (C=O) groups excluding carboxylic acids is 1. The largest absolute Gasteiger partial charge is 0.416 e. The highest BCUT2D eigenvalue weighted by atomic mass is 19.4. The van der Waals surface area contributed by atoms with E-state index in [4.69, 9.17) is 5.26 Å². The molecule has 1 rings (SSSR count). The van der Waals surface area contributed by atoms with E-state index >= 15 is 0 Å². The molecule has 0 aliphatic carbocycles. The zero-order chi connectivity index (χ0) is 12.3. The standard InChI is InChI=1S/C10H7F3N2O/c1-15-9(16)7-2-6(5-14)3-8(4-7)10(11,12)13/h2-4H,1H3,(H,15,16). The maximum Gasteiger partial charge on any atom is 0.416 e. The van der Waals surface area contributed by atoms with Crippen LogP contribution >= 0.6 is 0 Å². The lowest BCUT2D eigenvalue weighted by molar-refractivity contribution is -0.137. The summed E-state index contributed by atoms with van der Waals surface area (Å²) in [6, 6.07) is 4.09. The molecule has 0 saturated carbocycles. The molecule has 0 saturated heterocycles. The van der Waals surface area contributed by atoms with Gasteiger partial charge in [-0.15, -0.1) is 0 Å². The highest BCUT2D eigenvalue weighted by Gasteiger charge is 2.31. The van der Waals surface area contributed by atoms with Crippen LogP contribution in [-0.2, 0) is 6.18 Å². The van der Waals surface area contributed by atoms with Crippen molar-refractivity contribution in [3.05, 3.63) is 34.9 Å². The lowest BCUT2D eigenvalue weighted by atomic mass is 10.1. The zero-order valence-corrected chi connectivity index (χ0v) is 8.22. The van der Waals surface area contributed by atoms with Crippen molar-refractivity contribution in [3.63, 3.8) is 0 Å². The number of rotatable bonds is 1. The van der Waals surface area contributed by atoms with Gasteiger partial charge in [0.1, 0.15) is 0 Å². The average Bonchev–Trinajstić information content (AvgIpc) is 2.26. The van der Waals surface area contributed by atoms with Gasteiger partial charge in [-0.1, -0.05) is 0 Å². The Labute approximate surface area is 89.5 Å². The van der Waals surface area contributed by atoms with Gasteiger partial charge in [-0.25, -0.2) is 0 Å². The van der Waals surface area contributed by atoms with E-state index < -0.39 is 17.6 Å². The summed E-state index contributed by atoms with van der Waals surface area (Å²) < 4.78 is 37.2. The number of nitrogens with zero attached hydrogens (tertiary/aromatic N) is 1. The minimum Gasteiger partial charge on any atom is -0.355 e. The van der Waals surface area contributed by atoms with Crippen molar-refractivity contribution < 1.29 is 18.0 Å². The summed E-state index contributed by atoms with van der Waals surface area (Å²) in [6.45, 7) is 0. The van der Waals surface area contributed by atoms with E-state index in [1.807, 2.05) is 0 Å². The van der Waals surface area contributed by atoms with Crippen LogP contribution in [-0.4, -0.2) is 13.0 Å². The third-order valence-electron chi connectivity index (χ3n) is 1.88. The molecule has 16 heavy (non-hydrogen) atoms. The molecular weight excluding hydrogens is 221 g/mol. The van der Waals surface area contributed by atoms with Gasteiger partial charge in [-0.3, -0.25) is 4.79 Å². The summed E-state index contributed by atoms with van der Waals surface area (Å²) in [7, 11) is 1.30. The van der Waals surface area contributed by atoms with E-state index in [9.17, 15) is 18.0 Å². The molecule has 0 fully saturated rings. The van der Waals surface area contributed by atoms with E-state index in [-0.39, 0.29) is 11.1 Å². The Kier molecular flexibility index (Phi) is 3.18. The van der Waals surface area contributed by atoms with Crippen molar-refractivity contribution in [2.45, 2.75) is 6.18 Å². The monoisotopic (exact) mass is 228 g/mol. The number of hydrogen-bond acceptors (Lipinski definition) is 2. The fourth-order valence-corrected chi connectivity index (χ4v) is 1.13. The first-order valence-electron chi connectivity index (χ1n) is 4.23. The lowest BCUT2D eigenvalue weighted by Crippen LogP contribution is -2.19. The SMILES string of the molecule is CNC(=O)c1cc(C#N)cc(C(F)(F)F)c1. The van der Waals surface area contributed by atoms with Gasteiger partial charge < -0.3 is 5.32 Å².